The van der Waals surface area contributed by atoms with E-state index >= 15 is 0 Å². The van der Waals surface area contributed by atoms with Gasteiger partial charge in [-0.2, -0.15) is 0 Å². The van der Waals surface area contributed by atoms with E-state index < -0.39 is 9.84 Å². The zero-order chi connectivity index (χ0) is 10.5. The first kappa shape index (κ1) is 12.9. The molecule has 0 saturated heterocycles. The van der Waals surface area contributed by atoms with Gasteiger partial charge in [0, 0.05) is 13.7 Å². The second-order valence-electron chi connectivity index (χ2n) is 3.65. The fourth-order valence-electron chi connectivity index (χ4n) is 0.785. The molecule has 0 aliphatic heterocycles. The molecule has 0 aromatic carbocycles. The molecule has 0 aromatic rings. The van der Waals surface area contributed by atoms with E-state index in [-0.39, 0.29) is 23.7 Å². The molecule has 0 unspecified atom stereocenters. The average Bonchev–Trinajstić information content (AvgIpc) is 2.02. The van der Waals surface area contributed by atoms with E-state index in [1.807, 2.05) is 13.8 Å². The van der Waals surface area contributed by atoms with Crippen LogP contribution in [-0.4, -0.2) is 39.2 Å². The summed E-state index contributed by atoms with van der Waals surface area (Å²) in [5.74, 6) is 0.206. The molecule has 80 valence electrons. The molecule has 0 spiro atoms. The number of hydrogen-bond donors (Lipinski definition) is 1. The van der Waals surface area contributed by atoms with Gasteiger partial charge in [-0.3, -0.25) is 0 Å². The smallest absolute Gasteiger partial charge is 0.151 e. The van der Waals surface area contributed by atoms with Gasteiger partial charge in [-0.25, -0.2) is 8.42 Å². The molecule has 0 radical (unpaired) electrons. The Balaban J connectivity index is 4.02. The molecule has 0 heterocycles. The van der Waals surface area contributed by atoms with E-state index in [1.165, 1.54) is 0 Å². The van der Waals surface area contributed by atoms with Gasteiger partial charge in [0.05, 0.1) is 17.1 Å². The molecule has 0 atom stereocenters. The lowest BCUT2D eigenvalue weighted by Crippen LogP contribution is -2.28. The molecule has 0 aliphatic carbocycles. The van der Waals surface area contributed by atoms with Gasteiger partial charge in [0.25, 0.3) is 0 Å². The monoisotopic (exact) mass is 209 g/mol. The zero-order valence-electron chi connectivity index (χ0n) is 8.54. The fraction of sp³-hybridized carbons (Fsp3) is 1.00. The second kappa shape index (κ2) is 4.93. The van der Waals surface area contributed by atoms with E-state index in [0.29, 0.717) is 6.42 Å². The summed E-state index contributed by atoms with van der Waals surface area (Å²) in [5.41, 5.74) is 4.80. The van der Waals surface area contributed by atoms with Gasteiger partial charge in [0.2, 0.25) is 0 Å². The Morgan fingerprint density at radius 1 is 1.31 bits per heavy atom. The van der Waals surface area contributed by atoms with Crippen LogP contribution in [0.4, 0.5) is 0 Å². The standard InChI is InChI=1S/C8H19NO3S/c1-8(2,12-3)4-6-13(10,11)7-5-9/h4-7,9H2,1-3H3. The normalized spacial score (nSPS) is 13.2. The molecule has 2 N–H and O–H groups in total. The molecular weight excluding hydrogens is 190 g/mol. The van der Waals surface area contributed by atoms with Crippen molar-refractivity contribution < 1.29 is 13.2 Å². The minimum Gasteiger partial charge on any atom is -0.379 e. The number of methoxy groups -OCH3 is 1. The summed E-state index contributed by atoms with van der Waals surface area (Å²) >= 11 is 0. The van der Waals surface area contributed by atoms with E-state index in [2.05, 4.69) is 0 Å². The predicted octanol–water partition coefficient (Wildman–Crippen LogP) is 0.175. The minimum absolute atomic E-state index is 0.0623. The third-order valence-electron chi connectivity index (χ3n) is 2.00. The van der Waals surface area contributed by atoms with Crippen LogP contribution < -0.4 is 5.73 Å². The SMILES string of the molecule is COC(C)(C)CCS(=O)(=O)CCN. The van der Waals surface area contributed by atoms with Crippen LogP contribution in [0.1, 0.15) is 20.3 Å². The summed E-state index contributed by atoms with van der Waals surface area (Å²) in [6, 6.07) is 0. The Kier molecular flexibility index (Phi) is 4.88. The van der Waals surface area contributed by atoms with Gasteiger partial charge in [0.15, 0.2) is 9.84 Å². The molecule has 0 saturated carbocycles. The van der Waals surface area contributed by atoms with Crippen LogP contribution in [0, 0.1) is 0 Å². The van der Waals surface area contributed by atoms with Crippen LogP contribution in [0.2, 0.25) is 0 Å². The summed E-state index contributed by atoms with van der Waals surface area (Å²) in [6.07, 6.45) is 0.506. The molecule has 5 heteroatoms. The molecule has 0 aromatic heterocycles. The highest BCUT2D eigenvalue weighted by molar-refractivity contribution is 7.91. The zero-order valence-corrected chi connectivity index (χ0v) is 9.36. The maximum atomic E-state index is 11.3. The Bertz CT molecular complexity index is 234. The van der Waals surface area contributed by atoms with Crippen molar-refractivity contribution >= 4 is 9.84 Å². The van der Waals surface area contributed by atoms with Crippen molar-refractivity contribution in [2.45, 2.75) is 25.9 Å². The average molecular weight is 209 g/mol. The van der Waals surface area contributed by atoms with Crippen LogP contribution in [0.15, 0.2) is 0 Å². The number of hydrogen-bond acceptors (Lipinski definition) is 4. The Morgan fingerprint density at radius 2 is 1.85 bits per heavy atom. The number of sulfone groups is 1. The van der Waals surface area contributed by atoms with Gasteiger partial charge in [-0.05, 0) is 20.3 Å². The minimum atomic E-state index is -2.98. The fourth-order valence-corrected chi connectivity index (χ4v) is 2.15. The van der Waals surface area contributed by atoms with Crippen LogP contribution in [0.3, 0.4) is 0 Å². The third-order valence-corrected chi connectivity index (χ3v) is 3.68. The number of ether oxygens (including phenoxy) is 1. The number of nitrogens with two attached hydrogens (primary N) is 1. The van der Waals surface area contributed by atoms with Crippen LogP contribution in [0.5, 0.6) is 0 Å². The van der Waals surface area contributed by atoms with Crippen molar-refractivity contribution in [3.05, 3.63) is 0 Å². The Labute approximate surface area is 80.4 Å². The molecule has 0 amide bonds. The first-order chi connectivity index (χ1) is 5.83. The Morgan fingerprint density at radius 3 is 2.23 bits per heavy atom. The van der Waals surface area contributed by atoms with Crippen molar-refractivity contribution in [2.75, 3.05) is 25.2 Å². The lowest BCUT2D eigenvalue weighted by molar-refractivity contribution is 0.0203. The summed E-state index contributed by atoms with van der Waals surface area (Å²) in [4.78, 5) is 0. The summed E-state index contributed by atoms with van der Waals surface area (Å²) in [7, 11) is -1.40. The summed E-state index contributed by atoms with van der Waals surface area (Å²) in [5, 5.41) is 0. The first-order valence-electron chi connectivity index (χ1n) is 4.28. The maximum Gasteiger partial charge on any atom is 0.151 e. The summed E-state index contributed by atoms with van der Waals surface area (Å²) in [6.45, 7) is 3.92. The summed E-state index contributed by atoms with van der Waals surface area (Å²) < 4.78 is 27.6. The van der Waals surface area contributed by atoms with Crippen molar-refractivity contribution in [1.82, 2.24) is 0 Å². The van der Waals surface area contributed by atoms with Crippen molar-refractivity contribution in [3.8, 4) is 0 Å². The van der Waals surface area contributed by atoms with Crippen LogP contribution >= 0.6 is 0 Å². The molecule has 0 aliphatic rings. The maximum absolute atomic E-state index is 11.3. The van der Waals surface area contributed by atoms with Gasteiger partial charge in [-0.15, -0.1) is 0 Å². The highest BCUT2D eigenvalue weighted by Crippen LogP contribution is 2.14. The third kappa shape index (κ3) is 6.01. The van der Waals surface area contributed by atoms with E-state index in [9.17, 15) is 8.42 Å². The molecule has 4 nitrogen and oxygen atoms in total. The van der Waals surface area contributed by atoms with E-state index in [4.69, 9.17) is 10.5 Å². The van der Waals surface area contributed by atoms with E-state index in [1.54, 1.807) is 7.11 Å². The lowest BCUT2D eigenvalue weighted by atomic mass is 10.1. The van der Waals surface area contributed by atoms with Crippen molar-refractivity contribution in [2.24, 2.45) is 5.73 Å². The Hall–Kier alpha value is -0.130. The van der Waals surface area contributed by atoms with Gasteiger partial charge in [0.1, 0.15) is 0 Å². The van der Waals surface area contributed by atoms with Gasteiger partial charge >= 0.3 is 0 Å². The van der Waals surface area contributed by atoms with Crippen molar-refractivity contribution in [1.29, 1.82) is 0 Å². The highest BCUT2D eigenvalue weighted by atomic mass is 32.2. The van der Waals surface area contributed by atoms with E-state index in [0.717, 1.165) is 0 Å². The number of rotatable bonds is 6. The predicted molar refractivity (Wildman–Crippen MR) is 53.4 cm³/mol. The first-order valence-corrected chi connectivity index (χ1v) is 6.11. The molecule has 13 heavy (non-hydrogen) atoms. The van der Waals surface area contributed by atoms with Crippen molar-refractivity contribution in [3.63, 3.8) is 0 Å². The second-order valence-corrected chi connectivity index (χ2v) is 5.96. The largest absolute Gasteiger partial charge is 0.379 e. The van der Waals surface area contributed by atoms with Gasteiger partial charge < -0.3 is 10.5 Å². The highest BCUT2D eigenvalue weighted by Gasteiger charge is 2.20. The van der Waals surface area contributed by atoms with Gasteiger partial charge in [-0.1, -0.05) is 0 Å². The molecule has 0 bridgehead atoms. The molecule has 0 rings (SSSR count). The van der Waals surface area contributed by atoms with Crippen LogP contribution in [-0.2, 0) is 14.6 Å². The topological polar surface area (TPSA) is 69.4 Å². The molecular formula is C8H19NO3S. The quantitative estimate of drug-likeness (QED) is 0.677. The molecule has 0 fully saturated rings. The van der Waals surface area contributed by atoms with Crippen LogP contribution in [0.25, 0.3) is 0 Å². The lowest BCUT2D eigenvalue weighted by Gasteiger charge is -2.22.